The molecule has 0 N–H and O–H groups in total. The van der Waals surface area contributed by atoms with Crippen LogP contribution < -0.4 is 0 Å². The molecular weight excluding hydrogens is 316 g/mol. The minimum atomic E-state index is 0.0668. The van der Waals surface area contributed by atoms with Gasteiger partial charge >= 0.3 is 0 Å². The van der Waals surface area contributed by atoms with E-state index in [2.05, 4.69) is 0 Å². The molecule has 2 saturated heterocycles. The average molecular weight is 344 g/mol. The van der Waals surface area contributed by atoms with E-state index in [4.69, 9.17) is 4.74 Å². The van der Waals surface area contributed by atoms with Crippen LogP contribution in [0.4, 0.5) is 0 Å². The van der Waals surface area contributed by atoms with Crippen LogP contribution in [-0.4, -0.2) is 61.0 Å². The third kappa shape index (κ3) is 5.05. The zero-order valence-corrected chi connectivity index (χ0v) is 14.9. The summed E-state index contributed by atoms with van der Waals surface area (Å²) in [4.78, 5) is 28.9. The van der Waals surface area contributed by atoms with Crippen LogP contribution in [0.25, 0.3) is 0 Å². The fourth-order valence-electron chi connectivity index (χ4n) is 3.65. The molecule has 136 valence electrons. The molecule has 2 amide bonds. The van der Waals surface area contributed by atoms with Crippen LogP contribution >= 0.6 is 0 Å². The van der Waals surface area contributed by atoms with E-state index in [1.54, 1.807) is 0 Å². The molecule has 2 fully saturated rings. The second-order valence-electron chi connectivity index (χ2n) is 6.99. The number of carbonyl (C=O) groups excluding carboxylic acids is 2. The lowest BCUT2D eigenvalue weighted by molar-refractivity contribution is -0.131. The molecule has 2 aliphatic rings. The van der Waals surface area contributed by atoms with Crippen molar-refractivity contribution in [3.63, 3.8) is 0 Å². The van der Waals surface area contributed by atoms with Gasteiger partial charge in [0.15, 0.2) is 0 Å². The van der Waals surface area contributed by atoms with Crippen molar-refractivity contribution < 1.29 is 14.3 Å². The second kappa shape index (κ2) is 8.99. The Morgan fingerprint density at radius 1 is 0.960 bits per heavy atom. The molecule has 1 aromatic carbocycles. The summed E-state index contributed by atoms with van der Waals surface area (Å²) in [5.74, 6) is 0.929. The summed E-state index contributed by atoms with van der Waals surface area (Å²) in [6.07, 6.45) is 4.59. The smallest absolute Gasteiger partial charge is 0.253 e. The Hall–Kier alpha value is -1.88. The Morgan fingerprint density at radius 2 is 1.64 bits per heavy atom. The third-order valence-electron chi connectivity index (χ3n) is 5.26. The van der Waals surface area contributed by atoms with Crippen molar-refractivity contribution in [3.05, 3.63) is 35.9 Å². The van der Waals surface area contributed by atoms with Gasteiger partial charge in [0.2, 0.25) is 5.91 Å². The van der Waals surface area contributed by atoms with E-state index in [1.165, 1.54) is 0 Å². The maximum Gasteiger partial charge on any atom is 0.253 e. The third-order valence-corrected chi connectivity index (χ3v) is 5.26. The van der Waals surface area contributed by atoms with Crippen LogP contribution in [0, 0.1) is 5.92 Å². The lowest BCUT2D eigenvalue weighted by Gasteiger charge is -2.25. The average Bonchev–Trinajstić information content (AvgIpc) is 2.93. The number of benzene rings is 1. The molecule has 0 aliphatic carbocycles. The van der Waals surface area contributed by atoms with Gasteiger partial charge in [-0.15, -0.1) is 0 Å². The fraction of sp³-hybridized carbons (Fsp3) is 0.600. The van der Waals surface area contributed by atoms with Gasteiger partial charge in [-0.2, -0.15) is 0 Å². The Labute approximate surface area is 149 Å². The van der Waals surface area contributed by atoms with Gasteiger partial charge in [-0.3, -0.25) is 9.59 Å². The van der Waals surface area contributed by atoms with Crippen molar-refractivity contribution in [1.29, 1.82) is 0 Å². The monoisotopic (exact) mass is 344 g/mol. The molecule has 25 heavy (non-hydrogen) atoms. The molecule has 0 radical (unpaired) electrons. The number of ether oxygens (including phenoxy) is 1. The first-order valence-corrected chi connectivity index (χ1v) is 9.44. The lowest BCUT2D eigenvalue weighted by Crippen LogP contribution is -2.37. The van der Waals surface area contributed by atoms with Crippen molar-refractivity contribution in [2.24, 2.45) is 5.92 Å². The number of amides is 2. The summed E-state index contributed by atoms with van der Waals surface area (Å²) < 4.78 is 5.38. The molecule has 0 saturated carbocycles. The number of nitrogens with zero attached hydrogens (tertiary/aromatic N) is 2. The van der Waals surface area contributed by atoms with Crippen molar-refractivity contribution in [2.75, 3.05) is 39.4 Å². The normalized spacial score (nSPS) is 19.5. The highest BCUT2D eigenvalue weighted by Gasteiger charge is 2.23. The highest BCUT2D eigenvalue weighted by atomic mass is 16.5. The van der Waals surface area contributed by atoms with Crippen molar-refractivity contribution in [1.82, 2.24) is 9.80 Å². The van der Waals surface area contributed by atoms with Crippen molar-refractivity contribution in [2.45, 2.75) is 32.1 Å². The number of hydrogen-bond acceptors (Lipinski definition) is 3. The van der Waals surface area contributed by atoms with Gasteiger partial charge in [-0.05, 0) is 43.7 Å². The zero-order chi connectivity index (χ0) is 17.5. The highest BCUT2D eigenvalue weighted by molar-refractivity contribution is 5.94. The molecule has 0 aromatic heterocycles. The number of hydrogen-bond donors (Lipinski definition) is 0. The molecule has 1 aromatic rings. The van der Waals surface area contributed by atoms with Crippen molar-refractivity contribution >= 4 is 11.8 Å². The quantitative estimate of drug-likeness (QED) is 0.843. The minimum absolute atomic E-state index is 0.0668. The minimum Gasteiger partial charge on any atom is -0.381 e. The Morgan fingerprint density at radius 3 is 2.40 bits per heavy atom. The summed E-state index contributed by atoms with van der Waals surface area (Å²) in [5.41, 5.74) is 0.724. The van der Waals surface area contributed by atoms with Gasteiger partial charge in [0, 0.05) is 51.4 Å². The summed E-state index contributed by atoms with van der Waals surface area (Å²) in [6, 6.07) is 9.39. The van der Waals surface area contributed by atoms with E-state index in [0.717, 1.165) is 57.6 Å². The van der Waals surface area contributed by atoms with E-state index in [1.807, 2.05) is 40.1 Å². The number of carbonyl (C=O) groups is 2. The molecule has 0 atom stereocenters. The largest absolute Gasteiger partial charge is 0.381 e. The first-order chi connectivity index (χ1) is 12.2. The summed E-state index contributed by atoms with van der Waals surface area (Å²) in [7, 11) is 0. The molecule has 0 bridgehead atoms. The first kappa shape index (κ1) is 17.9. The van der Waals surface area contributed by atoms with Crippen molar-refractivity contribution in [3.8, 4) is 0 Å². The maximum absolute atomic E-state index is 12.6. The van der Waals surface area contributed by atoms with E-state index < -0.39 is 0 Å². The van der Waals surface area contributed by atoms with Crippen LogP contribution in [0.15, 0.2) is 30.3 Å². The van der Waals surface area contributed by atoms with Gasteiger partial charge in [0.05, 0.1) is 0 Å². The fourth-order valence-corrected chi connectivity index (χ4v) is 3.65. The Bertz CT molecular complexity index is 570. The first-order valence-electron chi connectivity index (χ1n) is 9.44. The van der Waals surface area contributed by atoms with E-state index >= 15 is 0 Å². The standard InChI is InChI=1S/C20H28N2O3/c23-19(8-7-17-9-15-25-16-10-17)21-11-4-12-22(14-13-21)20(24)18-5-2-1-3-6-18/h1-3,5-6,17H,4,7-16H2. The molecule has 5 heteroatoms. The lowest BCUT2D eigenvalue weighted by atomic mass is 9.94. The van der Waals surface area contributed by atoms with E-state index in [-0.39, 0.29) is 11.8 Å². The predicted molar refractivity (Wildman–Crippen MR) is 96.3 cm³/mol. The molecule has 3 rings (SSSR count). The van der Waals surface area contributed by atoms with E-state index in [9.17, 15) is 9.59 Å². The number of rotatable bonds is 4. The van der Waals surface area contributed by atoms with Crippen LogP contribution in [0.5, 0.6) is 0 Å². The topological polar surface area (TPSA) is 49.9 Å². The van der Waals surface area contributed by atoms with Crippen LogP contribution in [0.1, 0.15) is 42.5 Å². The van der Waals surface area contributed by atoms with Gasteiger partial charge in [-0.25, -0.2) is 0 Å². The van der Waals surface area contributed by atoms with Crippen LogP contribution in [-0.2, 0) is 9.53 Å². The SMILES string of the molecule is O=C(CCC1CCOCC1)N1CCCN(C(=O)c2ccccc2)CC1. The van der Waals surface area contributed by atoms with Gasteiger partial charge in [-0.1, -0.05) is 18.2 Å². The molecular formula is C20H28N2O3. The molecule has 5 nitrogen and oxygen atoms in total. The van der Waals surface area contributed by atoms with Crippen LogP contribution in [0.2, 0.25) is 0 Å². The van der Waals surface area contributed by atoms with E-state index in [0.29, 0.717) is 25.4 Å². The van der Waals surface area contributed by atoms with Crippen LogP contribution in [0.3, 0.4) is 0 Å². The predicted octanol–water partition coefficient (Wildman–Crippen LogP) is 2.57. The maximum atomic E-state index is 12.6. The molecule has 2 aliphatic heterocycles. The Kier molecular flexibility index (Phi) is 6.45. The molecule has 0 spiro atoms. The second-order valence-corrected chi connectivity index (χ2v) is 6.99. The highest BCUT2D eigenvalue weighted by Crippen LogP contribution is 2.21. The summed E-state index contributed by atoms with van der Waals surface area (Å²) in [6.45, 7) is 4.41. The van der Waals surface area contributed by atoms with Gasteiger partial charge in [0.25, 0.3) is 5.91 Å². The van der Waals surface area contributed by atoms with Gasteiger partial charge in [0.1, 0.15) is 0 Å². The zero-order valence-electron chi connectivity index (χ0n) is 14.9. The van der Waals surface area contributed by atoms with Gasteiger partial charge < -0.3 is 14.5 Å². The molecule has 2 heterocycles. The summed E-state index contributed by atoms with van der Waals surface area (Å²) in [5, 5.41) is 0. The molecule has 0 unspecified atom stereocenters. The Balaban J connectivity index is 1.47. The summed E-state index contributed by atoms with van der Waals surface area (Å²) >= 11 is 0.